The Bertz CT molecular complexity index is 484. The molecule has 0 fully saturated rings. The summed E-state index contributed by atoms with van der Waals surface area (Å²) in [6.07, 6.45) is -2.45. The molecule has 120 valence electrons. The van der Waals surface area contributed by atoms with Crippen molar-refractivity contribution in [3.8, 4) is 0 Å². The lowest BCUT2D eigenvalue weighted by molar-refractivity contribution is 0.0138. The van der Waals surface area contributed by atoms with Gasteiger partial charge < -0.3 is 26.0 Å². The van der Waals surface area contributed by atoms with E-state index in [9.17, 15) is 15.0 Å². The van der Waals surface area contributed by atoms with E-state index in [1.54, 1.807) is 27.7 Å². The molecule has 1 aromatic rings. The first-order chi connectivity index (χ1) is 9.60. The predicted octanol–water partition coefficient (Wildman–Crippen LogP) is 1.34. The van der Waals surface area contributed by atoms with Gasteiger partial charge in [-0.15, -0.1) is 0 Å². The van der Waals surface area contributed by atoms with Gasteiger partial charge >= 0.3 is 6.09 Å². The van der Waals surface area contributed by atoms with E-state index in [2.05, 4.69) is 10.3 Å². The molecule has 1 amide bonds. The first kappa shape index (κ1) is 17.7. The Morgan fingerprint density at radius 3 is 2.57 bits per heavy atom. The second-order valence-corrected chi connectivity index (χ2v) is 6.79. The van der Waals surface area contributed by atoms with Crippen molar-refractivity contribution in [2.24, 2.45) is 0 Å². The molecule has 7 nitrogen and oxygen atoms in total. The van der Waals surface area contributed by atoms with E-state index < -0.39 is 23.9 Å². The maximum absolute atomic E-state index is 11.4. The van der Waals surface area contributed by atoms with E-state index in [0.29, 0.717) is 15.7 Å². The number of aliphatic hydroxyl groups excluding tert-OH is 2. The molecular weight excluding hydrogens is 294 g/mol. The fourth-order valence-corrected chi connectivity index (χ4v) is 2.55. The van der Waals surface area contributed by atoms with Crippen LogP contribution in [0.3, 0.4) is 0 Å². The van der Waals surface area contributed by atoms with Crippen LogP contribution in [0, 0.1) is 6.92 Å². The maximum atomic E-state index is 11.4. The van der Waals surface area contributed by atoms with Gasteiger partial charge in [0.05, 0.1) is 16.7 Å². The summed E-state index contributed by atoms with van der Waals surface area (Å²) in [6.45, 7) is 7.21. The van der Waals surface area contributed by atoms with Crippen molar-refractivity contribution in [2.75, 3.05) is 12.3 Å². The van der Waals surface area contributed by atoms with Crippen molar-refractivity contribution >= 4 is 22.6 Å². The quantitative estimate of drug-likeness (QED) is 0.651. The van der Waals surface area contributed by atoms with Crippen LogP contribution in [-0.4, -0.2) is 39.5 Å². The molecule has 0 spiro atoms. The van der Waals surface area contributed by atoms with Crippen LogP contribution in [0.25, 0.3) is 0 Å². The van der Waals surface area contributed by atoms with Crippen molar-refractivity contribution in [2.45, 2.75) is 51.9 Å². The monoisotopic (exact) mass is 317 g/mol. The minimum atomic E-state index is -1.07. The summed E-state index contributed by atoms with van der Waals surface area (Å²) in [6, 6.07) is 0. The van der Waals surface area contributed by atoms with Crippen LogP contribution < -0.4 is 11.1 Å². The van der Waals surface area contributed by atoms with Crippen LogP contribution in [0.2, 0.25) is 0 Å². The van der Waals surface area contributed by atoms with Gasteiger partial charge in [-0.2, -0.15) is 0 Å². The molecule has 1 rings (SSSR count). The molecule has 0 aliphatic rings. The minimum absolute atomic E-state index is 0.192. The van der Waals surface area contributed by atoms with E-state index in [0.717, 1.165) is 11.3 Å². The van der Waals surface area contributed by atoms with Gasteiger partial charge in [-0.25, -0.2) is 9.78 Å². The van der Waals surface area contributed by atoms with Crippen molar-refractivity contribution in [1.29, 1.82) is 0 Å². The number of hydrogen-bond donors (Lipinski definition) is 4. The standard InChI is InChI=1S/C13H23N3O4S/c1-7-10(21-11(14)16-7)9(18)8(17)5-6-15-12(19)20-13(2,3)4/h8-9,17-18H,5-6H2,1-4H3,(H2,14,16)(H,15,19). The van der Waals surface area contributed by atoms with Gasteiger partial charge in [-0.05, 0) is 34.1 Å². The number of nitrogens with two attached hydrogens (primary N) is 1. The van der Waals surface area contributed by atoms with E-state index in [1.807, 2.05) is 0 Å². The molecule has 0 saturated carbocycles. The number of aromatic nitrogens is 1. The number of carbonyl (C=O) groups excluding carboxylic acids is 1. The van der Waals surface area contributed by atoms with Gasteiger partial charge in [0.1, 0.15) is 11.7 Å². The summed E-state index contributed by atoms with van der Waals surface area (Å²) in [5, 5.41) is 22.9. The summed E-state index contributed by atoms with van der Waals surface area (Å²) >= 11 is 1.14. The first-order valence-corrected chi connectivity index (χ1v) is 7.47. The van der Waals surface area contributed by atoms with Gasteiger partial charge in [0.25, 0.3) is 0 Å². The number of anilines is 1. The van der Waals surface area contributed by atoms with Gasteiger partial charge in [-0.1, -0.05) is 11.3 Å². The van der Waals surface area contributed by atoms with Gasteiger partial charge in [0.2, 0.25) is 0 Å². The number of nitrogens with one attached hydrogen (secondary N) is 1. The number of thiazole rings is 1. The highest BCUT2D eigenvalue weighted by Crippen LogP contribution is 2.29. The van der Waals surface area contributed by atoms with E-state index >= 15 is 0 Å². The Morgan fingerprint density at radius 1 is 1.48 bits per heavy atom. The molecule has 5 N–H and O–H groups in total. The number of aryl methyl sites for hydroxylation is 1. The Labute approximate surface area is 128 Å². The average Bonchev–Trinajstić information content (AvgIpc) is 2.65. The molecule has 21 heavy (non-hydrogen) atoms. The number of carbonyl (C=O) groups is 1. The molecular formula is C13H23N3O4S. The zero-order valence-electron chi connectivity index (χ0n) is 12.7. The highest BCUT2D eigenvalue weighted by Gasteiger charge is 2.23. The van der Waals surface area contributed by atoms with E-state index in [1.165, 1.54) is 0 Å². The highest BCUT2D eigenvalue weighted by molar-refractivity contribution is 7.15. The number of alkyl carbamates (subject to hydrolysis) is 1. The lowest BCUT2D eigenvalue weighted by atomic mass is 10.1. The number of aliphatic hydroxyl groups is 2. The molecule has 0 aromatic carbocycles. The summed E-state index contributed by atoms with van der Waals surface area (Å²) in [5.41, 5.74) is 5.59. The lowest BCUT2D eigenvalue weighted by Crippen LogP contribution is -2.34. The fraction of sp³-hybridized carbons (Fsp3) is 0.692. The van der Waals surface area contributed by atoms with E-state index in [-0.39, 0.29) is 13.0 Å². The third kappa shape index (κ3) is 5.86. The third-order valence-corrected chi connectivity index (χ3v) is 3.65. The maximum Gasteiger partial charge on any atom is 0.407 e. The van der Waals surface area contributed by atoms with Crippen molar-refractivity contribution < 1.29 is 19.7 Å². The molecule has 1 heterocycles. The van der Waals surface area contributed by atoms with Gasteiger partial charge in [-0.3, -0.25) is 0 Å². The van der Waals surface area contributed by atoms with Crippen LogP contribution in [0.4, 0.5) is 9.93 Å². The normalized spacial score (nSPS) is 14.6. The topological polar surface area (TPSA) is 118 Å². The van der Waals surface area contributed by atoms with Gasteiger partial charge in [0, 0.05) is 6.54 Å². The molecule has 8 heteroatoms. The number of nitrogen functional groups attached to an aromatic ring is 1. The van der Waals surface area contributed by atoms with Crippen LogP contribution in [0.15, 0.2) is 0 Å². The minimum Gasteiger partial charge on any atom is -0.444 e. The Balaban J connectivity index is 2.42. The lowest BCUT2D eigenvalue weighted by Gasteiger charge is -2.21. The van der Waals surface area contributed by atoms with Crippen LogP contribution in [0.5, 0.6) is 0 Å². The number of hydrogen-bond acceptors (Lipinski definition) is 7. The summed E-state index contributed by atoms with van der Waals surface area (Å²) < 4.78 is 5.07. The van der Waals surface area contributed by atoms with Crippen molar-refractivity contribution in [3.63, 3.8) is 0 Å². The molecule has 2 atom stereocenters. The zero-order chi connectivity index (χ0) is 16.2. The van der Waals surface area contributed by atoms with Gasteiger partial charge in [0.15, 0.2) is 5.13 Å². The Morgan fingerprint density at radius 2 is 2.10 bits per heavy atom. The molecule has 0 aliphatic heterocycles. The van der Waals surface area contributed by atoms with Crippen LogP contribution in [-0.2, 0) is 4.74 Å². The number of amides is 1. The molecule has 0 radical (unpaired) electrons. The SMILES string of the molecule is Cc1nc(N)sc1C(O)C(O)CCNC(=O)OC(C)(C)C. The number of nitrogens with zero attached hydrogens (tertiary/aromatic N) is 1. The smallest absolute Gasteiger partial charge is 0.407 e. The number of ether oxygens (including phenoxy) is 1. The fourth-order valence-electron chi connectivity index (χ4n) is 1.67. The van der Waals surface area contributed by atoms with Crippen LogP contribution >= 0.6 is 11.3 Å². The Kier molecular flexibility index (Phi) is 5.94. The summed E-state index contributed by atoms with van der Waals surface area (Å²) in [5.74, 6) is 0. The van der Waals surface area contributed by atoms with Crippen molar-refractivity contribution in [1.82, 2.24) is 10.3 Å². The second kappa shape index (κ2) is 7.06. The summed E-state index contributed by atoms with van der Waals surface area (Å²) in [7, 11) is 0. The number of rotatable bonds is 5. The molecule has 1 aromatic heterocycles. The van der Waals surface area contributed by atoms with Crippen LogP contribution in [0.1, 0.15) is 43.9 Å². The molecule has 2 unspecified atom stereocenters. The average molecular weight is 317 g/mol. The Hall–Kier alpha value is -1.38. The van der Waals surface area contributed by atoms with E-state index in [4.69, 9.17) is 10.5 Å². The van der Waals surface area contributed by atoms with Crippen molar-refractivity contribution in [3.05, 3.63) is 10.6 Å². The highest BCUT2D eigenvalue weighted by atomic mass is 32.1. The predicted molar refractivity (Wildman–Crippen MR) is 81.1 cm³/mol. The third-order valence-electron chi connectivity index (χ3n) is 2.59. The molecule has 0 bridgehead atoms. The molecule has 0 saturated heterocycles. The largest absolute Gasteiger partial charge is 0.444 e. The second-order valence-electron chi connectivity index (χ2n) is 5.73. The molecule has 0 aliphatic carbocycles. The summed E-state index contributed by atoms with van der Waals surface area (Å²) in [4.78, 5) is 16.0. The first-order valence-electron chi connectivity index (χ1n) is 6.66. The zero-order valence-corrected chi connectivity index (χ0v) is 13.5.